The highest BCUT2D eigenvalue weighted by Crippen LogP contribution is 2.26. The number of carbonyl (C=O) groups is 1. The van der Waals surface area contributed by atoms with Crippen LogP contribution in [-0.2, 0) is 11.3 Å². The standard InChI is InChI=1S/C25H28N6O2.HI/c26-23(32)18-11-14-31(15-12-18)24-19(6-5-13-28-24)17-29-25(27)30-20-7-4-10-22(16-20)33-21-8-2-1-3-9-21;/h1-10,13,16,18H,11-12,14-15,17H2,(H2,26,32)(H3,27,29,30);1H. The number of carbonyl (C=O) groups excluding carboxylic acids is 1. The van der Waals surface area contributed by atoms with Gasteiger partial charge < -0.3 is 26.4 Å². The Balaban J connectivity index is 0.00000324. The van der Waals surface area contributed by atoms with E-state index in [0.717, 1.165) is 48.7 Å². The van der Waals surface area contributed by atoms with Gasteiger partial charge in [-0.05, 0) is 43.2 Å². The number of anilines is 2. The molecule has 8 nitrogen and oxygen atoms in total. The average Bonchev–Trinajstić information content (AvgIpc) is 2.84. The van der Waals surface area contributed by atoms with Crippen molar-refractivity contribution in [2.75, 3.05) is 23.3 Å². The molecule has 5 N–H and O–H groups in total. The first kappa shape index (κ1) is 25.3. The molecule has 1 fully saturated rings. The minimum Gasteiger partial charge on any atom is -0.457 e. The number of para-hydroxylation sites is 1. The van der Waals surface area contributed by atoms with Gasteiger partial charge >= 0.3 is 0 Å². The van der Waals surface area contributed by atoms with Gasteiger partial charge in [0.25, 0.3) is 0 Å². The van der Waals surface area contributed by atoms with E-state index in [1.807, 2.05) is 66.7 Å². The first-order valence-electron chi connectivity index (χ1n) is 11.0. The topological polar surface area (TPSA) is 119 Å². The molecule has 2 heterocycles. The number of ether oxygens (including phenoxy) is 1. The number of piperidine rings is 1. The van der Waals surface area contributed by atoms with Gasteiger partial charge in [-0.2, -0.15) is 0 Å². The fraction of sp³-hybridized carbons (Fsp3) is 0.240. The summed E-state index contributed by atoms with van der Waals surface area (Å²) in [6, 6.07) is 21.0. The lowest BCUT2D eigenvalue weighted by Gasteiger charge is -2.32. The van der Waals surface area contributed by atoms with Crippen LogP contribution in [0.4, 0.5) is 11.5 Å². The van der Waals surface area contributed by atoms with E-state index < -0.39 is 0 Å². The fourth-order valence-electron chi connectivity index (χ4n) is 3.83. The second-order valence-corrected chi connectivity index (χ2v) is 7.92. The highest BCUT2D eigenvalue weighted by molar-refractivity contribution is 14.0. The van der Waals surface area contributed by atoms with E-state index in [2.05, 4.69) is 20.2 Å². The molecule has 9 heteroatoms. The number of nitrogens with zero attached hydrogens (tertiary/aromatic N) is 3. The Morgan fingerprint density at radius 2 is 1.76 bits per heavy atom. The molecule has 0 atom stereocenters. The van der Waals surface area contributed by atoms with Crippen LogP contribution >= 0.6 is 24.0 Å². The third-order valence-corrected chi connectivity index (χ3v) is 5.57. The number of halogens is 1. The number of aromatic nitrogens is 1. The number of nitrogens with one attached hydrogen (secondary N) is 1. The van der Waals surface area contributed by atoms with E-state index in [1.165, 1.54) is 0 Å². The smallest absolute Gasteiger partial charge is 0.220 e. The van der Waals surface area contributed by atoms with Crippen LogP contribution in [0, 0.1) is 5.92 Å². The second kappa shape index (κ2) is 12.2. The molecule has 178 valence electrons. The summed E-state index contributed by atoms with van der Waals surface area (Å²) >= 11 is 0. The first-order valence-corrected chi connectivity index (χ1v) is 11.0. The summed E-state index contributed by atoms with van der Waals surface area (Å²) in [7, 11) is 0. The van der Waals surface area contributed by atoms with Crippen molar-refractivity contribution in [3.63, 3.8) is 0 Å². The van der Waals surface area contributed by atoms with Crippen LogP contribution < -0.4 is 26.4 Å². The van der Waals surface area contributed by atoms with E-state index in [4.69, 9.17) is 16.2 Å². The lowest BCUT2D eigenvalue weighted by Crippen LogP contribution is -2.39. The number of hydrogen-bond donors (Lipinski definition) is 3. The SMILES string of the molecule is I.NC(=O)C1CCN(c2ncccc2CN=C(N)Nc2cccc(Oc3ccccc3)c2)CC1. The monoisotopic (exact) mass is 572 g/mol. The van der Waals surface area contributed by atoms with E-state index in [9.17, 15) is 4.79 Å². The van der Waals surface area contributed by atoms with E-state index in [-0.39, 0.29) is 35.8 Å². The van der Waals surface area contributed by atoms with Crippen molar-refractivity contribution < 1.29 is 9.53 Å². The largest absolute Gasteiger partial charge is 0.457 e. The van der Waals surface area contributed by atoms with Crippen LogP contribution in [0.5, 0.6) is 11.5 Å². The minimum absolute atomic E-state index is 0. The molecule has 1 amide bonds. The third-order valence-electron chi connectivity index (χ3n) is 5.57. The van der Waals surface area contributed by atoms with Crippen molar-refractivity contribution in [1.82, 2.24) is 4.98 Å². The zero-order chi connectivity index (χ0) is 23.0. The molecule has 4 rings (SSSR count). The van der Waals surface area contributed by atoms with Gasteiger partial charge in [0.15, 0.2) is 5.96 Å². The second-order valence-electron chi connectivity index (χ2n) is 7.92. The Morgan fingerprint density at radius 3 is 2.50 bits per heavy atom. The van der Waals surface area contributed by atoms with Crippen LogP contribution in [0.2, 0.25) is 0 Å². The highest BCUT2D eigenvalue weighted by atomic mass is 127. The zero-order valence-corrected chi connectivity index (χ0v) is 21.1. The molecule has 0 bridgehead atoms. The number of pyridine rings is 1. The molecule has 1 aromatic heterocycles. The molecule has 2 aromatic carbocycles. The zero-order valence-electron chi connectivity index (χ0n) is 18.8. The Labute approximate surface area is 216 Å². The van der Waals surface area contributed by atoms with Gasteiger partial charge in [0.05, 0.1) is 6.54 Å². The van der Waals surface area contributed by atoms with E-state index in [0.29, 0.717) is 18.3 Å². The molecule has 1 aliphatic rings. The Morgan fingerprint density at radius 1 is 1.03 bits per heavy atom. The molecule has 0 radical (unpaired) electrons. The molecule has 1 aliphatic heterocycles. The summed E-state index contributed by atoms with van der Waals surface area (Å²) in [5, 5.41) is 3.12. The molecular weight excluding hydrogens is 543 g/mol. The lowest BCUT2D eigenvalue weighted by atomic mass is 9.96. The Hall–Kier alpha value is -3.34. The summed E-state index contributed by atoms with van der Waals surface area (Å²) in [5.41, 5.74) is 13.4. The van der Waals surface area contributed by atoms with Crippen molar-refractivity contribution in [3.05, 3.63) is 78.5 Å². The Kier molecular flexibility index (Phi) is 9.08. The number of primary amides is 1. The maximum absolute atomic E-state index is 11.4. The molecule has 3 aromatic rings. The van der Waals surface area contributed by atoms with Crippen molar-refractivity contribution in [2.24, 2.45) is 22.4 Å². The van der Waals surface area contributed by atoms with Crippen molar-refractivity contribution in [1.29, 1.82) is 0 Å². The van der Waals surface area contributed by atoms with Gasteiger partial charge in [-0.3, -0.25) is 4.79 Å². The summed E-state index contributed by atoms with van der Waals surface area (Å²) in [4.78, 5) is 22.7. The van der Waals surface area contributed by atoms with Crippen LogP contribution in [-0.4, -0.2) is 29.9 Å². The predicted molar refractivity (Wildman–Crippen MR) is 146 cm³/mol. The average molecular weight is 572 g/mol. The number of nitrogens with two attached hydrogens (primary N) is 2. The third kappa shape index (κ3) is 6.83. The molecule has 34 heavy (non-hydrogen) atoms. The fourth-order valence-corrected chi connectivity index (χ4v) is 3.83. The number of rotatable bonds is 7. The normalized spacial score (nSPS) is 14.2. The van der Waals surface area contributed by atoms with Crippen LogP contribution in [0.15, 0.2) is 77.9 Å². The molecular formula is C25H29IN6O2. The predicted octanol–water partition coefficient (Wildman–Crippen LogP) is 4.12. The summed E-state index contributed by atoms with van der Waals surface area (Å²) in [5.74, 6) is 2.35. The van der Waals surface area contributed by atoms with E-state index >= 15 is 0 Å². The quantitative estimate of drug-likeness (QED) is 0.223. The molecule has 1 saturated heterocycles. The van der Waals surface area contributed by atoms with Gasteiger partial charge in [0.2, 0.25) is 5.91 Å². The maximum Gasteiger partial charge on any atom is 0.220 e. The van der Waals surface area contributed by atoms with Crippen LogP contribution in [0.25, 0.3) is 0 Å². The number of benzene rings is 2. The van der Waals surface area contributed by atoms with Crippen molar-refractivity contribution in [2.45, 2.75) is 19.4 Å². The number of hydrogen-bond acceptors (Lipinski definition) is 5. The van der Waals surface area contributed by atoms with Crippen molar-refractivity contribution >= 4 is 47.3 Å². The number of aliphatic imine (C=N–C) groups is 1. The molecule has 0 saturated carbocycles. The number of guanidine groups is 1. The summed E-state index contributed by atoms with van der Waals surface area (Å²) in [6.45, 7) is 1.87. The number of amides is 1. The van der Waals surface area contributed by atoms with Gasteiger partial charge in [0, 0.05) is 42.5 Å². The Bertz CT molecular complexity index is 1120. The van der Waals surface area contributed by atoms with Crippen LogP contribution in [0.3, 0.4) is 0 Å². The lowest BCUT2D eigenvalue weighted by molar-refractivity contribution is -0.122. The van der Waals surface area contributed by atoms with Gasteiger partial charge in [-0.1, -0.05) is 30.3 Å². The van der Waals surface area contributed by atoms with Crippen molar-refractivity contribution in [3.8, 4) is 11.5 Å². The van der Waals surface area contributed by atoms with Gasteiger partial charge in [0.1, 0.15) is 17.3 Å². The van der Waals surface area contributed by atoms with Crippen LogP contribution in [0.1, 0.15) is 18.4 Å². The molecule has 0 unspecified atom stereocenters. The molecule has 0 spiro atoms. The van der Waals surface area contributed by atoms with E-state index in [1.54, 1.807) is 6.20 Å². The molecule has 0 aliphatic carbocycles. The maximum atomic E-state index is 11.4. The van der Waals surface area contributed by atoms with Gasteiger partial charge in [-0.15, -0.1) is 24.0 Å². The van der Waals surface area contributed by atoms with Gasteiger partial charge in [-0.25, -0.2) is 9.98 Å². The highest BCUT2D eigenvalue weighted by Gasteiger charge is 2.24. The summed E-state index contributed by atoms with van der Waals surface area (Å²) in [6.07, 6.45) is 3.24. The minimum atomic E-state index is -0.224. The summed E-state index contributed by atoms with van der Waals surface area (Å²) < 4.78 is 5.87. The first-order chi connectivity index (χ1) is 16.1.